The van der Waals surface area contributed by atoms with E-state index in [2.05, 4.69) is 10.4 Å². The lowest BCUT2D eigenvalue weighted by Gasteiger charge is -2.30. The van der Waals surface area contributed by atoms with Crippen molar-refractivity contribution in [1.29, 1.82) is 0 Å². The summed E-state index contributed by atoms with van der Waals surface area (Å²) in [5, 5.41) is 6.56. The molecule has 1 amide bonds. The maximum Gasteiger partial charge on any atom is 0.435 e. The van der Waals surface area contributed by atoms with Crippen molar-refractivity contribution in [3.05, 3.63) is 76.4 Å². The molecule has 0 unspecified atom stereocenters. The van der Waals surface area contributed by atoms with E-state index in [1.54, 1.807) is 12.1 Å². The third-order valence-corrected chi connectivity index (χ3v) is 5.49. The molecule has 2 aromatic carbocycles. The van der Waals surface area contributed by atoms with Crippen LogP contribution in [0.4, 0.5) is 28.9 Å². The van der Waals surface area contributed by atoms with Gasteiger partial charge in [-0.25, -0.2) is 4.39 Å². The second-order valence-electron chi connectivity index (χ2n) is 7.97. The van der Waals surface area contributed by atoms with Crippen LogP contribution >= 0.6 is 0 Å². The summed E-state index contributed by atoms with van der Waals surface area (Å²) < 4.78 is 53.6. The Morgan fingerprint density at radius 2 is 1.81 bits per heavy atom. The number of hydrogen-bond donors (Lipinski definition) is 1. The van der Waals surface area contributed by atoms with Crippen molar-refractivity contribution in [2.75, 3.05) is 16.8 Å². The molecule has 1 aliphatic heterocycles. The van der Waals surface area contributed by atoms with E-state index in [1.807, 2.05) is 30.9 Å². The van der Waals surface area contributed by atoms with Gasteiger partial charge in [0.2, 0.25) is 5.91 Å². The number of fused-ring (bicyclic) bond motifs is 1. The van der Waals surface area contributed by atoms with E-state index in [-0.39, 0.29) is 12.3 Å². The molecule has 0 atom stereocenters. The van der Waals surface area contributed by atoms with Gasteiger partial charge < -0.3 is 10.2 Å². The fourth-order valence-electron chi connectivity index (χ4n) is 3.96. The number of nitrogens with one attached hydrogen (secondary N) is 1. The third kappa shape index (κ3) is 4.61. The minimum atomic E-state index is -4.46. The third-order valence-electron chi connectivity index (χ3n) is 5.49. The molecule has 0 spiro atoms. The molecule has 1 aromatic heterocycles. The maximum absolute atomic E-state index is 13.3. The first-order valence-corrected chi connectivity index (χ1v) is 10.1. The summed E-state index contributed by atoms with van der Waals surface area (Å²) in [5.74, 6) is -0.645. The smallest absolute Gasteiger partial charge is 0.364 e. The van der Waals surface area contributed by atoms with Crippen molar-refractivity contribution in [2.24, 2.45) is 0 Å². The number of aromatic nitrogens is 2. The molecule has 0 radical (unpaired) electrons. The standard InChI is InChI=1S/C23H22F4N4O/c1-14-8-18(30-6-7-31-19(13-30)12-20(29-31)23(25,26)27)9-15(2)22(14)28-21(32)11-16-4-3-5-17(24)10-16/h3-5,8-10,12H,6-7,11,13H2,1-2H3,(H,28,32). The lowest BCUT2D eigenvalue weighted by atomic mass is 10.1. The molecule has 32 heavy (non-hydrogen) atoms. The number of rotatable bonds is 4. The summed E-state index contributed by atoms with van der Waals surface area (Å²) in [4.78, 5) is 14.5. The van der Waals surface area contributed by atoms with E-state index in [0.717, 1.165) is 22.9 Å². The molecule has 3 aromatic rings. The first-order chi connectivity index (χ1) is 15.1. The molecule has 168 valence electrons. The second-order valence-corrected chi connectivity index (χ2v) is 7.97. The Kier molecular flexibility index (Phi) is 5.66. The zero-order chi connectivity index (χ0) is 23.0. The Hall–Kier alpha value is -3.36. The van der Waals surface area contributed by atoms with Crippen molar-refractivity contribution in [3.63, 3.8) is 0 Å². The predicted molar refractivity (Wildman–Crippen MR) is 113 cm³/mol. The summed E-state index contributed by atoms with van der Waals surface area (Å²) in [5.41, 5.74) is 3.42. The van der Waals surface area contributed by atoms with E-state index in [1.165, 1.54) is 16.8 Å². The van der Waals surface area contributed by atoms with Gasteiger partial charge >= 0.3 is 6.18 Å². The number of carbonyl (C=O) groups is 1. The maximum atomic E-state index is 13.3. The first-order valence-electron chi connectivity index (χ1n) is 10.1. The molecule has 1 N–H and O–H groups in total. The molecule has 5 nitrogen and oxygen atoms in total. The van der Waals surface area contributed by atoms with Crippen LogP contribution in [-0.4, -0.2) is 22.2 Å². The number of anilines is 2. The monoisotopic (exact) mass is 446 g/mol. The van der Waals surface area contributed by atoms with Gasteiger partial charge in [-0.2, -0.15) is 18.3 Å². The van der Waals surface area contributed by atoms with Crippen molar-refractivity contribution >= 4 is 17.3 Å². The Morgan fingerprint density at radius 3 is 2.47 bits per heavy atom. The van der Waals surface area contributed by atoms with E-state index in [0.29, 0.717) is 36.6 Å². The van der Waals surface area contributed by atoms with Gasteiger partial charge in [0.15, 0.2) is 5.69 Å². The zero-order valence-corrected chi connectivity index (χ0v) is 17.6. The average molecular weight is 446 g/mol. The summed E-state index contributed by atoms with van der Waals surface area (Å²) in [7, 11) is 0. The summed E-state index contributed by atoms with van der Waals surface area (Å²) in [6.07, 6.45) is -4.41. The van der Waals surface area contributed by atoms with Crippen molar-refractivity contribution < 1.29 is 22.4 Å². The van der Waals surface area contributed by atoms with Gasteiger partial charge in [-0.1, -0.05) is 12.1 Å². The van der Waals surface area contributed by atoms with Gasteiger partial charge in [-0.05, 0) is 60.9 Å². The quantitative estimate of drug-likeness (QED) is 0.583. The molecule has 0 aliphatic carbocycles. The molecular weight excluding hydrogens is 424 g/mol. The van der Waals surface area contributed by atoms with E-state index < -0.39 is 17.7 Å². The molecule has 0 saturated carbocycles. The van der Waals surface area contributed by atoms with Gasteiger partial charge in [0, 0.05) is 17.9 Å². The topological polar surface area (TPSA) is 50.2 Å². The molecule has 0 bridgehead atoms. The number of nitrogens with zero attached hydrogens (tertiary/aromatic N) is 3. The summed E-state index contributed by atoms with van der Waals surface area (Å²) in [6.45, 7) is 4.92. The Bertz CT molecular complexity index is 1150. The first kappa shape index (κ1) is 21.9. The number of hydrogen-bond acceptors (Lipinski definition) is 3. The predicted octanol–water partition coefficient (Wildman–Crippen LogP) is 4.86. The number of benzene rings is 2. The van der Waals surface area contributed by atoms with Crippen LogP contribution in [0.1, 0.15) is 28.1 Å². The Morgan fingerprint density at radius 1 is 1.09 bits per heavy atom. The highest BCUT2D eigenvalue weighted by molar-refractivity contribution is 5.94. The molecule has 0 saturated heterocycles. The molecule has 4 rings (SSSR count). The van der Waals surface area contributed by atoms with Crippen LogP contribution in [0.2, 0.25) is 0 Å². The molecule has 9 heteroatoms. The van der Waals surface area contributed by atoms with Crippen LogP contribution in [0.3, 0.4) is 0 Å². The van der Waals surface area contributed by atoms with Crippen molar-refractivity contribution in [2.45, 2.75) is 39.5 Å². The van der Waals surface area contributed by atoms with Gasteiger partial charge in [0.1, 0.15) is 5.82 Å². The van der Waals surface area contributed by atoms with E-state index in [9.17, 15) is 22.4 Å². The number of amides is 1. The summed E-state index contributed by atoms with van der Waals surface area (Å²) in [6, 6.07) is 10.8. The van der Waals surface area contributed by atoms with Gasteiger partial charge in [-0.15, -0.1) is 0 Å². The van der Waals surface area contributed by atoms with Crippen LogP contribution in [-0.2, 0) is 30.5 Å². The largest absolute Gasteiger partial charge is 0.435 e. The number of aryl methyl sites for hydroxylation is 2. The van der Waals surface area contributed by atoms with Gasteiger partial charge in [0.05, 0.1) is 25.2 Å². The van der Waals surface area contributed by atoms with Crippen LogP contribution in [0, 0.1) is 19.7 Å². The minimum absolute atomic E-state index is 0.0516. The molecule has 1 aliphatic rings. The number of carbonyl (C=O) groups excluding carboxylic acids is 1. The fraction of sp³-hybridized carbons (Fsp3) is 0.304. The Labute approximate surface area is 182 Å². The second kappa shape index (κ2) is 8.29. The highest BCUT2D eigenvalue weighted by atomic mass is 19.4. The number of alkyl halides is 3. The van der Waals surface area contributed by atoms with Crippen LogP contribution in [0.5, 0.6) is 0 Å². The average Bonchev–Trinajstić information content (AvgIpc) is 3.14. The molecule has 2 heterocycles. The van der Waals surface area contributed by atoms with E-state index >= 15 is 0 Å². The summed E-state index contributed by atoms with van der Waals surface area (Å²) >= 11 is 0. The minimum Gasteiger partial charge on any atom is -0.364 e. The molecule has 0 fully saturated rings. The van der Waals surface area contributed by atoms with Crippen molar-refractivity contribution in [3.8, 4) is 0 Å². The van der Waals surface area contributed by atoms with Gasteiger partial charge in [0.25, 0.3) is 0 Å². The lowest BCUT2D eigenvalue weighted by Crippen LogP contribution is -2.34. The van der Waals surface area contributed by atoms with Crippen LogP contribution < -0.4 is 10.2 Å². The van der Waals surface area contributed by atoms with Crippen LogP contribution in [0.25, 0.3) is 0 Å². The Balaban J connectivity index is 1.49. The van der Waals surface area contributed by atoms with Crippen LogP contribution in [0.15, 0.2) is 42.5 Å². The van der Waals surface area contributed by atoms with Crippen molar-refractivity contribution in [1.82, 2.24) is 9.78 Å². The number of halogens is 4. The zero-order valence-electron chi connectivity index (χ0n) is 17.6. The van der Waals surface area contributed by atoms with E-state index in [4.69, 9.17) is 0 Å². The molecular formula is C23H22F4N4O. The highest BCUT2D eigenvalue weighted by Gasteiger charge is 2.35. The highest BCUT2D eigenvalue weighted by Crippen LogP contribution is 2.32. The fourth-order valence-corrected chi connectivity index (χ4v) is 3.96. The SMILES string of the molecule is Cc1cc(N2CCn3nc(C(F)(F)F)cc3C2)cc(C)c1NC(=O)Cc1cccc(F)c1. The normalized spacial score (nSPS) is 13.8. The van der Waals surface area contributed by atoms with Gasteiger partial charge in [-0.3, -0.25) is 9.48 Å². The lowest BCUT2D eigenvalue weighted by molar-refractivity contribution is -0.141.